The summed E-state index contributed by atoms with van der Waals surface area (Å²) in [5.41, 5.74) is 1.16. The van der Waals surface area contributed by atoms with E-state index in [2.05, 4.69) is 0 Å². The van der Waals surface area contributed by atoms with E-state index in [1.807, 2.05) is 0 Å². The van der Waals surface area contributed by atoms with Crippen LogP contribution in [0.5, 0.6) is 0 Å². The van der Waals surface area contributed by atoms with Gasteiger partial charge in [-0.15, -0.1) is 0 Å². The number of halogens is 6. The maximum absolute atomic E-state index is 14.3. The highest BCUT2D eigenvalue weighted by molar-refractivity contribution is 6.21. The molecule has 158 valence electrons. The second kappa shape index (κ2) is 7.41. The molecule has 0 nitrogen and oxygen atoms in total. The summed E-state index contributed by atoms with van der Waals surface area (Å²) in [6.07, 6.45) is 0. The Labute approximate surface area is 178 Å². The molecular weight excluding hydrogens is 426 g/mol. The van der Waals surface area contributed by atoms with Crippen molar-refractivity contribution in [3.8, 4) is 22.3 Å². The van der Waals surface area contributed by atoms with Crippen LogP contribution in [0.25, 0.3) is 43.8 Å². The standard InChI is InChI=1S/C26H12F6/c27-15-6-7-18-19(12-15)24(13-5-8-20(28)21(29)9-13)16-3-1-2-4-17(16)25(18)14-10-22(30)26(32)23(31)11-14/h1-12H. The molecule has 5 aromatic rings. The summed E-state index contributed by atoms with van der Waals surface area (Å²) >= 11 is 0. The van der Waals surface area contributed by atoms with E-state index in [0.717, 1.165) is 24.3 Å². The van der Waals surface area contributed by atoms with E-state index in [1.54, 1.807) is 24.3 Å². The monoisotopic (exact) mass is 438 g/mol. The lowest BCUT2D eigenvalue weighted by Gasteiger charge is -2.18. The predicted molar refractivity (Wildman–Crippen MR) is 112 cm³/mol. The Morgan fingerprint density at radius 3 is 1.59 bits per heavy atom. The first kappa shape index (κ1) is 20.1. The summed E-state index contributed by atoms with van der Waals surface area (Å²) in [5, 5.41) is 1.79. The van der Waals surface area contributed by atoms with Crippen molar-refractivity contribution in [2.45, 2.75) is 0 Å². The molecule has 0 saturated heterocycles. The molecule has 0 amide bonds. The summed E-state index contributed by atoms with van der Waals surface area (Å²) in [5.74, 6) is -6.98. The molecule has 0 unspecified atom stereocenters. The summed E-state index contributed by atoms with van der Waals surface area (Å²) in [6.45, 7) is 0. The highest BCUT2D eigenvalue weighted by Crippen LogP contribution is 2.44. The molecule has 0 heterocycles. The lowest BCUT2D eigenvalue weighted by atomic mass is 9.86. The molecule has 0 aromatic heterocycles. The Hall–Kier alpha value is -3.80. The van der Waals surface area contributed by atoms with Crippen LogP contribution in [-0.2, 0) is 0 Å². The van der Waals surface area contributed by atoms with Gasteiger partial charge in [-0.25, -0.2) is 26.3 Å². The van der Waals surface area contributed by atoms with Crippen LogP contribution in [0.4, 0.5) is 26.3 Å². The van der Waals surface area contributed by atoms with E-state index in [4.69, 9.17) is 0 Å². The van der Waals surface area contributed by atoms with Crippen molar-refractivity contribution in [2.75, 3.05) is 0 Å². The van der Waals surface area contributed by atoms with Crippen LogP contribution >= 0.6 is 0 Å². The van der Waals surface area contributed by atoms with Crippen molar-refractivity contribution >= 4 is 21.5 Å². The third kappa shape index (κ3) is 3.11. The van der Waals surface area contributed by atoms with E-state index in [-0.39, 0.29) is 5.56 Å². The molecule has 0 N–H and O–H groups in total. The molecule has 32 heavy (non-hydrogen) atoms. The molecule has 0 radical (unpaired) electrons. The fraction of sp³-hybridized carbons (Fsp3) is 0. The summed E-state index contributed by atoms with van der Waals surface area (Å²) < 4.78 is 83.6. The van der Waals surface area contributed by atoms with E-state index in [0.29, 0.717) is 38.2 Å². The molecule has 5 rings (SSSR count). The Morgan fingerprint density at radius 2 is 0.969 bits per heavy atom. The smallest absolute Gasteiger partial charge is 0.194 e. The topological polar surface area (TPSA) is 0 Å². The third-order valence-electron chi connectivity index (χ3n) is 5.47. The van der Waals surface area contributed by atoms with Crippen molar-refractivity contribution in [3.05, 3.63) is 108 Å². The van der Waals surface area contributed by atoms with Gasteiger partial charge >= 0.3 is 0 Å². The van der Waals surface area contributed by atoms with Gasteiger partial charge in [0.2, 0.25) is 0 Å². The van der Waals surface area contributed by atoms with Gasteiger partial charge in [-0.05, 0) is 80.2 Å². The van der Waals surface area contributed by atoms with Crippen molar-refractivity contribution in [1.82, 2.24) is 0 Å². The Balaban J connectivity index is 1.99. The first-order valence-corrected chi connectivity index (χ1v) is 9.59. The quantitative estimate of drug-likeness (QED) is 0.148. The third-order valence-corrected chi connectivity index (χ3v) is 5.47. The first-order valence-electron chi connectivity index (χ1n) is 9.59. The summed E-state index contributed by atoms with van der Waals surface area (Å²) in [6, 6.07) is 15.7. The SMILES string of the molecule is Fc1ccc2c(-c3cc(F)c(F)c(F)c3)c3ccccc3c(-c3ccc(F)c(F)c3)c2c1. The summed E-state index contributed by atoms with van der Waals surface area (Å²) in [7, 11) is 0. The Bertz CT molecular complexity index is 1510. The van der Waals surface area contributed by atoms with E-state index < -0.39 is 34.9 Å². The maximum Gasteiger partial charge on any atom is 0.194 e. The minimum atomic E-state index is -1.59. The molecule has 5 aromatic carbocycles. The van der Waals surface area contributed by atoms with Gasteiger partial charge in [-0.2, -0.15) is 0 Å². The van der Waals surface area contributed by atoms with Gasteiger partial charge in [-0.3, -0.25) is 0 Å². The van der Waals surface area contributed by atoms with Crippen molar-refractivity contribution in [2.24, 2.45) is 0 Å². The number of hydrogen-bond donors (Lipinski definition) is 0. The molecule has 0 fully saturated rings. The van der Waals surface area contributed by atoms with Crippen LogP contribution in [0.15, 0.2) is 72.8 Å². The average molecular weight is 438 g/mol. The van der Waals surface area contributed by atoms with E-state index >= 15 is 0 Å². The lowest BCUT2D eigenvalue weighted by Crippen LogP contribution is -1.96. The van der Waals surface area contributed by atoms with Crippen LogP contribution in [-0.4, -0.2) is 0 Å². The molecule has 0 bridgehead atoms. The summed E-state index contributed by atoms with van der Waals surface area (Å²) in [4.78, 5) is 0. The van der Waals surface area contributed by atoms with Gasteiger partial charge in [0.15, 0.2) is 29.1 Å². The van der Waals surface area contributed by atoms with Gasteiger partial charge < -0.3 is 0 Å². The zero-order valence-electron chi connectivity index (χ0n) is 16.2. The lowest BCUT2D eigenvalue weighted by molar-refractivity contribution is 0.448. The van der Waals surface area contributed by atoms with Gasteiger partial charge in [0.25, 0.3) is 0 Å². The highest BCUT2D eigenvalue weighted by Gasteiger charge is 2.20. The Kier molecular flexibility index (Phi) is 4.66. The zero-order chi connectivity index (χ0) is 22.6. The normalized spacial score (nSPS) is 11.4. The molecule has 0 aliphatic rings. The predicted octanol–water partition coefficient (Wildman–Crippen LogP) is 8.16. The number of benzene rings is 5. The van der Waals surface area contributed by atoms with Crippen LogP contribution in [0.2, 0.25) is 0 Å². The zero-order valence-corrected chi connectivity index (χ0v) is 16.2. The molecule has 0 atom stereocenters. The number of rotatable bonds is 2. The molecule has 6 heteroatoms. The molecule has 0 aliphatic heterocycles. The maximum atomic E-state index is 14.3. The minimum Gasteiger partial charge on any atom is -0.207 e. The van der Waals surface area contributed by atoms with Crippen LogP contribution in [0.1, 0.15) is 0 Å². The number of fused-ring (bicyclic) bond motifs is 2. The van der Waals surface area contributed by atoms with Crippen LogP contribution in [0, 0.1) is 34.9 Å². The van der Waals surface area contributed by atoms with Gasteiger partial charge in [-0.1, -0.05) is 36.4 Å². The van der Waals surface area contributed by atoms with Crippen molar-refractivity contribution < 1.29 is 26.3 Å². The minimum absolute atomic E-state index is 0.0612. The average Bonchev–Trinajstić information content (AvgIpc) is 2.77. The van der Waals surface area contributed by atoms with Crippen LogP contribution < -0.4 is 0 Å². The molecule has 0 spiro atoms. The molecular formula is C26H12F6. The molecule has 0 saturated carbocycles. The second-order valence-electron chi connectivity index (χ2n) is 7.37. The Morgan fingerprint density at radius 1 is 0.406 bits per heavy atom. The fourth-order valence-electron chi connectivity index (χ4n) is 4.12. The number of hydrogen-bond acceptors (Lipinski definition) is 0. The van der Waals surface area contributed by atoms with Crippen molar-refractivity contribution in [1.29, 1.82) is 0 Å². The second-order valence-corrected chi connectivity index (χ2v) is 7.37. The largest absolute Gasteiger partial charge is 0.207 e. The van der Waals surface area contributed by atoms with E-state index in [9.17, 15) is 26.3 Å². The van der Waals surface area contributed by atoms with Crippen LogP contribution in [0.3, 0.4) is 0 Å². The fourth-order valence-corrected chi connectivity index (χ4v) is 4.12. The van der Waals surface area contributed by atoms with Gasteiger partial charge in [0, 0.05) is 0 Å². The van der Waals surface area contributed by atoms with Gasteiger partial charge in [0.05, 0.1) is 0 Å². The highest BCUT2D eigenvalue weighted by atomic mass is 19.2. The van der Waals surface area contributed by atoms with Crippen molar-refractivity contribution in [3.63, 3.8) is 0 Å². The first-order chi connectivity index (χ1) is 15.3. The van der Waals surface area contributed by atoms with Gasteiger partial charge in [0.1, 0.15) is 5.82 Å². The van der Waals surface area contributed by atoms with E-state index in [1.165, 1.54) is 24.3 Å². The molecule has 0 aliphatic carbocycles.